The molecule has 1 N–H and O–H groups in total. The van der Waals surface area contributed by atoms with Crippen molar-refractivity contribution in [3.63, 3.8) is 0 Å². The Kier molecular flexibility index (Phi) is 5.07. The molecule has 2 aliphatic rings. The van der Waals surface area contributed by atoms with Crippen LogP contribution >= 0.6 is 11.8 Å². The van der Waals surface area contributed by atoms with Gasteiger partial charge in [-0.3, -0.25) is 19.8 Å². The summed E-state index contributed by atoms with van der Waals surface area (Å²) in [5.41, 5.74) is 0. The van der Waals surface area contributed by atoms with Crippen molar-refractivity contribution in [2.75, 3.05) is 12.0 Å². The van der Waals surface area contributed by atoms with E-state index in [2.05, 4.69) is 5.32 Å². The molecule has 2 rings (SSSR count). The lowest BCUT2D eigenvalue weighted by Gasteiger charge is -2.36. The van der Waals surface area contributed by atoms with Gasteiger partial charge in [0.15, 0.2) is 0 Å². The molecule has 4 amide bonds. The summed E-state index contributed by atoms with van der Waals surface area (Å²) >= 11 is 1.69. The maximum absolute atomic E-state index is 12.6. The van der Waals surface area contributed by atoms with Crippen LogP contribution in [0.4, 0.5) is 4.79 Å². The summed E-state index contributed by atoms with van der Waals surface area (Å²) < 4.78 is 0. The van der Waals surface area contributed by atoms with Gasteiger partial charge < -0.3 is 0 Å². The van der Waals surface area contributed by atoms with Crippen LogP contribution in [0.15, 0.2) is 0 Å². The van der Waals surface area contributed by atoms with Crippen LogP contribution in [0.3, 0.4) is 0 Å². The minimum Gasteiger partial charge on any atom is -0.277 e. The van der Waals surface area contributed by atoms with Crippen molar-refractivity contribution in [2.45, 2.75) is 45.1 Å². The number of carbonyl (C=O) groups excluding carboxylic acids is 3. The normalized spacial score (nSPS) is 26.0. The van der Waals surface area contributed by atoms with Crippen molar-refractivity contribution < 1.29 is 14.4 Å². The van der Waals surface area contributed by atoms with Crippen molar-refractivity contribution in [3.05, 3.63) is 0 Å². The maximum atomic E-state index is 12.6. The Morgan fingerprint density at radius 1 is 1.30 bits per heavy atom. The fourth-order valence-corrected chi connectivity index (χ4v) is 3.72. The smallest absolute Gasteiger partial charge is 0.277 e. The molecule has 1 heterocycles. The number of urea groups is 1. The molecule has 5 nitrogen and oxygen atoms in total. The Balaban J connectivity index is 2.13. The Morgan fingerprint density at radius 3 is 2.55 bits per heavy atom. The second-order valence-corrected chi connectivity index (χ2v) is 6.64. The van der Waals surface area contributed by atoms with Gasteiger partial charge in [-0.05, 0) is 44.1 Å². The lowest BCUT2D eigenvalue weighted by molar-refractivity contribution is -0.146. The SMILES string of the molecule is CSCCC(C)N1C(=O)NC(=O)C(C2CCCC2)C1=O. The average molecular weight is 298 g/mol. The fraction of sp³-hybridized carbons (Fsp3) is 0.786. The Bertz CT molecular complexity index is 407. The largest absolute Gasteiger partial charge is 0.331 e. The van der Waals surface area contributed by atoms with E-state index >= 15 is 0 Å². The number of imide groups is 2. The number of nitrogens with one attached hydrogen (secondary N) is 1. The van der Waals surface area contributed by atoms with Gasteiger partial charge in [-0.2, -0.15) is 11.8 Å². The number of nitrogens with zero attached hydrogens (tertiary/aromatic N) is 1. The highest BCUT2D eigenvalue weighted by molar-refractivity contribution is 7.98. The van der Waals surface area contributed by atoms with Crippen LogP contribution in [0.1, 0.15) is 39.0 Å². The first-order valence-corrected chi connectivity index (χ1v) is 8.62. The first-order valence-electron chi connectivity index (χ1n) is 7.23. The third-order valence-electron chi connectivity index (χ3n) is 4.29. The third kappa shape index (κ3) is 3.00. The molecular weight excluding hydrogens is 276 g/mol. The number of hydrogen-bond donors (Lipinski definition) is 1. The summed E-state index contributed by atoms with van der Waals surface area (Å²) in [6.07, 6.45) is 6.70. The van der Waals surface area contributed by atoms with E-state index in [1.807, 2.05) is 13.2 Å². The molecule has 112 valence electrons. The topological polar surface area (TPSA) is 66.5 Å². The number of barbiturate groups is 1. The summed E-state index contributed by atoms with van der Waals surface area (Å²) in [5.74, 6) is -0.363. The summed E-state index contributed by atoms with van der Waals surface area (Å²) in [6.45, 7) is 1.87. The fourth-order valence-electron chi connectivity index (χ4n) is 3.15. The van der Waals surface area contributed by atoms with E-state index < -0.39 is 17.9 Å². The summed E-state index contributed by atoms with van der Waals surface area (Å²) in [4.78, 5) is 37.8. The summed E-state index contributed by atoms with van der Waals surface area (Å²) in [7, 11) is 0. The maximum Gasteiger partial charge on any atom is 0.331 e. The van der Waals surface area contributed by atoms with Gasteiger partial charge in [-0.15, -0.1) is 0 Å². The lowest BCUT2D eigenvalue weighted by atomic mass is 9.87. The number of thioether (sulfide) groups is 1. The monoisotopic (exact) mass is 298 g/mol. The highest BCUT2D eigenvalue weighted by Gasteiger charge is 2.46. The second kappa shape index (κ2) is 6.61. The standard InChI is InChI=1S/C14H22N2O3S/c1-9(7-8-20-2)16-13(18)11(10-5-3-4-6-10)12(17)15-14(16)19/h9-11H,3-8H2,1-2H3,(H,15,17,19). The van der Waals surface area contributed by atoms with Crippen LogP contribution < -0.4 is 5.32 Å². The lowest BCUT2D eigenvalue weighted by Crippen LogP contribution is -2.61. The van der Waals surface area contributed by atoms with Gasteiger partial charge in [0.2, 0.25) is 11.8 Å². The van der Waals surface area contributed by atoms with E-state index in [1.54, 1.807) is 11.8 Å². The molecule has 1 aliphatic carbocycles. The number of rotatable bonds is 5. The number of hydrogen-bond acceptors (Lipinski definition) is 4. The van der Waals surface area contributed by atoms with Crippen LogP contribution in [0.2, 0.25) is 0 Å². The van der Waals surface area contributed by atoms with E-state index in [4.69, 9.17) is 0 Å². The third-order valence-corrected chi connectivity index (χ3v) is 4.93. The van der Waals surface area contributed by atoms with E-state index in [0.29, 0.717) is 0 Å². The Labute approximate surface area is 123 Å². The average Bonchev–Trinajstić information content (AvgIpc) is 2.89. The van der Waals surface area contributed by atoms with E-state index in [1.165, 1.54) is 4.90 Å². The molecule has 2 atom stereocenters. The van der Waals surface area contributed by atoms with Gasteiger partial charge in [-0.1, -0.05) is 12.8 Å². The van der Waals surface area contributed by atoms with Gasteiger partial charge in [0, 0.05) is 6.04 Å². The van der Waals surface area contributed by atoms with Crippen LogP contribution in [0, 0.1) is 11.8 Å². The Morgan fingerprint density at radius 2 is 1.95 bits per heavy atom. The van der Waals surface area contributed by atoms with Gasteiger partial charge in [-0.25, -0.2) is 4.79 Å². The Hall–Kier alpha value is -1.04. The molecule has 1 saturated carbocycles. The van der Waals surface area contributed by atoms with Crippen molar-refractivity contribution in [1.29, 1.82) is 0 Å². The van der Waals surface area contributed by atoms with Gasteiger partial charge in [0.1, 0.15) is 5.92 Å². The van der Waals surface area contributed by atoms with Crippen LogP contribution in [-0.4, -0.2) is 40.8 Å². The highest BCUT2D eigenvalue weighted by atomic mass is 32.2. The van der Waals surface area contributed by atoms with Gasteiger partial charge >= 0.3 is 6.03 Å². The summed E-state index contributed by atoms with van der Waals surface area (Å²) in [6, 6.07) is -0.713. The minimum absolute atomic E-state index is 0.103. The van der Waals surface area contributed by atoms with E-state index in [-0.39, 0.29) is 17.9 Å². The molecule has 1 saturated heterocycles. The molecule has 0 radical (unpaired) electrons. The predicted molar refractivity (Wildman–Crippen MR) is 78.3 cm³/mol. The molecule has 6 heteroatoms. The van der Waals surface area contributed by atoms with Crippen molar-refractivity contribution in [2.24, 2.45) is 11.8 Å². The van der Waals surface area contributed by atoms with Gasteiger partial charge in [0.25, 0.3) is 0 Å². The zero-order valence-corrected chi connectivity index (χ0v) is 12.9. The van der Waals surface area contributed by atoms with E-state index in [9.17, 15) is 14.4 Å². The molecule has 1 aliphatic heterocycles. The summed E-state index contributed by atoms with van der Waals surface area (Å²) in [5, 5.41) is 2.36. The quantitative estimate of drug-likeness (QED) is 0.789. The first-order chi connectivity index (χ1) is 9.56. The number of carbonyl (C=O) groups is 3. The second-order valence-electron chi connectivity index (χ2n) is 5.66. The molecule has 2 unspecified atom stereocenters. The predicted octanol–water partition coefficient (Wildman–Crippen LogP) is 2.01. The van der Waals surface area contributed by atoms with Crippen molar-refractivity contribution in [3.8, 4) is 0 Å². The molecule has 0 aromatic heterocycles. The van der Waals surface area contributed by atoms with Crippen molar-refractivity contribution >= 4 is 29.6 Å². The van der Waals surface area contributed by atoms with Crippen LogP contribution in [0.5, 0.6) is 0 Å². The molecule has 0 aromatic rings. The zero-order chi connectivity index (χ0) is 14.7. The molecule has 0 aromatic carbocycles. The first kappa shape index (κ1) is 15.4. The van der Waals surface area contributed by atoms with Gasteiger partial charge in [0.05, 0.1) is 0 Å². The minimum atomic E-state index is -0.660. The highest BCUT2D eigenvalue weighted by Crippen LogP contribution is 2.34. The number of amides is 4. The molecule has 2 fully saturated rings. The molecule has 0 spiro atoms. The van der Waals surface area contributed by atoms with E-state index in [0.717, 1.165) is 37.9 Å². The molecule has 0 bridgehead atoms. The zero-order valence-electron chi connectivity index (χ0n) is 12.1. The van der Waals surface area contributed by atoms with Crippen molar-refractivity contribution in [1.82, 2.24) is 10.2 Å². The molecule has 20 heavy (non-hydrogen) atoms. The molecular formula is C14H22N2O3S. The van der Waals surface area contributed by atoms with Crippen LogP contribution in [0.25, 0.3) is 0 Å². The van der Waals surface area contributed by atoms with Crippen LogP contribution in [-0.2, 0) is 9.59 Å².